The van der Waals surface area contributed by atoms with Crippen molar-refractivity contribution in [3.63, 3.8) is 0 Å². The zero-order chi connectivity index (χ0) is 14.1. The van der Waals surface area contributed by atoms with Crippen LogP contribution in [-0.2, 0) is 0 Å². The Labute approximate surface area is 158 Å². The molecule has 0 aliphatic rings. The molecule has 2 aromatic heterocycles. The molecule has 3 rings (SSSR count). The molecule has 0 unspecified atom stereocenters. The first kappa shape index (κ1) is 19.1. The fraction of sp³-hybridized carbons (Fsp3) is 0.143. The highest BCUT2D eigenvalue weighted by Gasteiger charge is 2.11. The van der Waals surface area contributed by atoms with E-state index in [0.29, 0.717) is 5.13 Å². The molecule has 4 nitrogen and oxygen atoms in total. The minimum atomic E-state index is 0. The van der Waals surface area contributed by atoms with Crippen LogP contribution in [0.3, 0.4) is 0 Å². The molecule has 0 atom stereocenters. The van der Waals surface area contributed by atoms with Crippen molar-refractivity contribution in [2.24, 2.45) is 0 Å². The monoisotopic (exact) mass is 462 g/mol. The summed E-state index contributed by atoms with van der Waals surface area (Å²) in [6, 6.07) is 8.24. The van der Waals surface area contributed by atoms with Crippen molar-refractivity contribution in [3.05, 3.63) is 40.9 Å². The molecule has 0 saturated carbocycles. The van der Waals surface area contributed by atoms with Crippen LogP contribution in [-0.4, -0.2) is 9.97 Å². The summed E-state index contributed by atoms with van der Waals surface area (Å²) >= 11 is 3.05. The van der Waals surface area contributed by atoms with E-state index < -0.39 is 0 Å². The number of thiazole rings is 2. The highest BCUT2D eigenvalue weighted by molar-refractivity contribution is 8.93. The van der Waals surface area contributed by atoms with Crippen molar-refractivity contribution >= 4 is 72.6 Å². The minimum absolute atomic E-state index is 0. The maximum absolute atomic E-state index is 5.73. The van der Waals surface area contributed by atoms with Crippen molar-refractivity contribution < 1.29 is 0 Å². The first-order chi connectivity index (χ1) is 9.61. The second kappa shape index (κ2) is 8.05. The molecule has 0 amide bonds. The first-order valence-corrected chi connectivity index (χ1v) is 7.84. The van der Waals surface area contributed by atoms with Crippen LogP contribution in [0.15, 0.2) is 29.6 Å². The van der Waals surface area contributed by atoms with Gasteiger partial charge in [0.25, 0.3) is 0 Å². The van der Waals surface area contributed by atoms with Gasteiger partial charge in [0.2, 0.25) is 0 Å². The third-order valence-corrected chi connectivity index (χ3v) is 4.62. The van der Waals surface area contributed by atoms with Crippen LogP contribution in [0, 0.1) is 13.8 Å². The lowest BCUT2D eigenvalue weighted by molar-refractivity contribution is 1.26. The zero-order valence-corrected chi connectivity index (χ0v) is 17.1. The molecular formula is C14H16Br2N4S2. The van der Waals surface area contributed by atoms with Crippen molar-refractivity contribution in [3.8, 4) is 10.6 Å². The van der Waals surface area contributed by atoms with E-state index in [1.54, 1.807) is 11.3 Å². The standard InChI is InChI=1S/C14H14N4S2.2BrH/c1-8-3-5-10(6-4-8)17-14-18-11(7-19-14)12-9(2)16-13(15)20-12;;/h3-7H,1-2H3,(H2,15,16)(H,17,18);2*1H. The SMILES string of the molecule is Br.Br.Cc1ccc(Nc2nc(-c3sc(N)nc3C)cs2)cc1. The fourth-order valence-corrected chi connectivity index (χ4v) is 3.44. The van der Waals surface area contributed by atoms with Crippen LogP contribution >= 0.6 is 56.6 Å². The Morgan fingerprint density at radius 3 is 2.32 bits per heavy atom. The van der Waals surface area contributed by atoms with Crippen molar-refractivity contribution in [1.82, 2.24) is 9.97 Å². The summed E-state index contributed by atoms with van der Waals surface area (Å²) < 4.78 is 0. The second-order valence-electron chi connectivity index (χ2n) is 4.50. The Bertz CT molecular complexity index is 738. The number of benzene rings is 1. The summed E-state index contributed by atoms with van der Waals surface area (Å²) in [5, 5.41) is 6.78. The largest absolute Gasteiger partial charge is 0.375 e. The Morgan fingerprint density at radius 2 is 1.73 bits per heavy atom. The van der Waals surface area contributed by atoms with Gasteiger partial charge in [0.05, 0.1) is 16.3 Å². The quantitative estimate of drug-likeness (QED) is 0.548. The summed E-state index contributed by atoms with van der Waals surface area (Å²) in [7, 11) is 0. The van der Waals surface area contributed by atoms with Crippen LogP contribution in [0.4, 0.5) is 16.0 Å². The predicted molar refractivity (Wildman–Crippen MR) is 107 cm³/mol. The van der Waals surface area contributed by atoms with E-state index in [-0.39, 0.29) is 34.0 Å². The summed E-state index contributed by atoms with van der Waals surface area (Å²) in [5.41, 5.74) is 9.87. The molecule has 0 radical (unpaired) electrons. The lowest BCUT2D eigenvalue weighted by Crippen LogP contribution is -1.89. The molecule has 0 fully saturated rings. The number of aromatic nitrogens is 2. The molecule has 0 bridgehead atoms. The summed E-state index contributed by atoms with van der Waals surface area (Å²) in [5.74, 6) is 0. The number of hydrogen-bond donors (Lipinski definition) is 2. The van der Waals surface area contributed by atoms with Gasteiger partial charge in [-0.2, -0.15) is 0 Å². The Morgan fingerprint density at radius 1 is 1.05 bits per heavy atom. The van der Waals surface area contributed by atoms with E-state index in [1.807, 2.05) is 24.4 Å². The lowest BCUT2D eigenvalue weighted by atomic mass is 10.2. The van der Waals surface area contributed by atoms with E-state index >= 15 is 0 Å². The number of nitrogens with zero attached hydrogens (tertiary/aromatic N) is 2. The van der Waals surface area contributed by atoms with Gasteiger partial charge in [-0.05, 0) is 26.0 Å². The Balaban J connectivity index is 0.00000121. The lowest BCUT2D eigenvalue weighted by Gasteiger charge is -2.02. The molecule has 8 heteroatoms. The van der Waals surface area contributed by atoms with Crippen LogP contribution in [0.25, 0.3) is 10.6 Å². The number of rotatable bonds is 3. The van der Waals surface area contributed by atoms with Crippen molar-refractivity contribution in [2.45, 2.75) is 13.8 Å². The minimum Gasteiger partial charge on any atom is -0.375 e. The molecule has 118 valence electrons. The topological polar surface area (TPSA) is 63.8 Å². The highest BCUT2D eigenvalue weighted by Crippen LogP contribution is 2.33. The first-order valence-electron chi connectivity index (χ1n) is 6.14. The van der Waals surface area contributed by atoms with Gasteiger partial charge in [-0.15, -0.1) is 45.3 Å². The molecule has 3 N–H and O–H groups in total. The summed E-state index contributed by atoms with van der Waals surface area (Å²) in [6.07, 6.45) is 0. The average Bonchev–Trinajstić information content (AvgIpc) is 2.99. The van der Waals surface area contributed by atoms with Crippen molar-refractivity contribution in [2.75, 3.05) is 11.1 Å². The van der Waals surface area contributed by atoms with Gasteiger partial charge in [-0.25, -0.2) is 9.97 Å². The number of hydrogen-bond acceptors (Lipinski definition) is 6. The maximum atomic E-state index is 5.73. The predicted octanol–water partition coefficient (Wildman–Crippen LogP) is 5.37. The number of halogens is 2. The van der Waals surface area contributed by atoms with E-state index in [2.05, 4.69) is 34.3 Å². The van der Waals surface area contributed by atoms with Gasteiger partial charge in [0.1, 0.15) is 0 Å². The summed E-state index contributed by atoms with van der Waals surface area (Å²) in [6.45, 7) is 4.02. The highest BCUT2D eigenvalue weighted by atomic mass is 79.9. The second-order valence-corrected chi connectivity index (χ2v) is 6.38. The number of anilines is 3. The molecule has 2 heterocycles. The van der Waals surface area contributed by atoms with Gasteiger partial charge in [0, 0.05) is 11.1 Å². The van der Waals surface area contributed by atoms with Gasteiger partial charge < -0.3 is 11.1 Å². The van der Waals surface area contributed by atoms with E-state index in [0.717, 1.165) is 27.1 Å². The molecular weight excluding hydrogens is 448 g/mol. The average molecular weight is 464 g/mol. The van der Waals surface area contributed by atoms with E-state index in [4.69, 9.17) is 5.73 Å². The maximum Gasteiger partial charge on any atom is 0.187 e. The molecule has 0 aliphatic carbocycles. The number of nitrogens with one attached hydrogen (secondary N) is 1. The molecule has 0 spiro atoms. The van der Waals surface area contributed by atoms with Gasteiger partial charge in [-0.3, -0.25) is 0 Å². The van der Waals surface area contributed by atoms with Crippen molar-refractivity contribution in [1.29, 1.82) is 0 Å². The third kappa shape index (κ3) is 4.28. The summed E-state index contributed by atoms with van der Waals surface area (Å²) in [4.78, 5) is 9.86. The Kier molecular flexibility index (Phi) is 6.98. The normalized spacial score (nSPS) is 9.73. The number of nitrogen functional groups attached to an aromatic ring is 1. The van der Waals surface area contributed by atoms with Crippen LogP contribution < -0.4 is 11.1 Å². The molecule has 0 saturated heterocycles. The molecule has 3 aromatic rings. The van der Waals surface area contributed by atoms with Crippen LogP contribution in [0.5, 0.6) is 0 Å². The van der Waals surface area contributed by atoms with Gasteiger partial charge >= 0.3 is 0 Å². The zero-order valence-electron chi connectivity index (χ0n) is 12.0. The third-order valence-electron chi connectivity index (χ3n) is 2.85. The van der Waals surface area contributed by atoms with E-state index in [1.165, 1.54) is 16.9 Å². The smallest absolute Gasteiger partial charge is 0.187 e. The number of nitrogens with two attached hydrogens (primary N) is 1. The fourth-order valence-electron chi connectivity index (χ4n) is 1.85. The number of aryl methyl sites for hydroxylation is 2. The molecule has 22 heavy (non-hydrogen) atoms. The van der Waals surface area contributed by atoms with E-state index in [9.17, 15) is 0 Å². The molecule has 1 aromatic carbocycles. The van der Waals surface area contributed by atoms with Gasteiger partial charge in [-0.1, -0.05) is 29.0 Å². The molecule has 0 aliphatic heterocycles. The van der Waals surface area contributed by atoms with Gasteiger partial charge in [0.15, 0.2) is 10.3 Å². The van der Waals surface area contributed by atoms with Crippen LogP contribution in [0.1, 0.15) is 11.3 Å². The Hall–Kier alpha value is -0.960. The van der Waals surface area contributed by atoms with Crippen LogP contribution in [0.2, 0.25) is 0 Å².